The molecular weight excluding hydrogens is 324 g/mol. The lowest BCUT2D eigenvalue weighted by atomic mass is 9.91. The molecule has 0 spiro atoms. The number of fused-ring (bicyclic) bond motifs is 1. The van der Waals surface area contributed by atoms with Gasteiger partial charge in [-0.15, -0.1) is 0 Å². The fourth-order valence-corrected chi connectivity index (χ4v) is 3.43. The molecule has 132 valence electrons. The van der Waals surface area contributed by atoms with E-state index in [4.69, 9.17) is 4.98 Å². The fourth-order valence-electron chi connectivity index (χ4n) is 3.43. The molecular formula is C20H22N6. The summed E-state index contributed by atoms with van der Waals surface area (Å²) >= 11 is 0. The number of hydrogen-bond acceptors (Lipinski definition) is 6. The average molecular weight is 346 g/mol. The number of nitriles is 2. The van der Waals surface area contributed by atoms with Gasteiger partial charge in [-0.2, -0.15) is 10.5 Å². The third-order valence-corrected chi connectivity index (χ3v) is 4.86. The van der Waals surface area contributed by atoms with E-state index in [1.165, 1.54) is 12.8 Å². The summed E-state index contributed by atoms with van der Waals surface area (Å²) in [5.41, 5.74) is 3.77. The second-order valence-corrected chi connectivity index (χ2v) is 6.62. The van der Waals surface area contributed by atoms with E-state index in [0.29, 0.717) is 29.9 Å². The largest absolute Gasteiger partial charge is 0.358 e. The van der Waals surface area contributed by atoms with Crippen LogP contribution in [0.2, 0.25) is 0 Å². The van der Waals surface area contributed by atoms with Crippen molar-refractivity contribution in [1.29, 1.82) is 10.5 Å². The van der Waals surface area contributed by atoms with Crippen molar-refractivity contribution in [2.75, 3.05) is 18.5 Å². The second kappa shape index (κ2) is 8.40. The number of hydrogen-bond donors (Lipinski definition) is 0. The van der Waals surface area contributed by atoms with Crippen LogP contribution in [0.25, 0.3) is 0 Å². The van der Waals surface area contributed by atoms with Gasteiger partial charge in [0, 0.05) is 44.3 Å². The summed E-state index contributed by atoms with van der Waals surface area (Å²) in [5, 5.41) is 19.4. The van der Waals surface area contributed by atoms with Crippen molar-refractivity contribution in [3.63, 3.8) is 0 Å². The minimum absolute atomic E-state index is 0.397. The van der Waals surface area contributed by atoms with E-state index < -0.39 is 0 Å². The summed E-state index contributed by atoms with van der Waals surface area (Å²) < 4.78 is 0. The Balaban J connectivity index is 1.94. The molecule has 2 aromatic rings. The Labute approximate surface area is 154 Å². The van der Waals surface area contributed by atoms with E-state index in [9.17, 15) is 10.5 Å². The van der Waals surface area contributed by atoms with Gasteiger partial charge in [-0.3, -0.25) is 9.97 Å². The summed E-state index contributed by atoms with van der Waals surface area (Å²) in [4.78, 5) is 15.1. The molecule has 1 aliphatic carbocycles. The summed E-state index contributed by atoms with van der Waals surface area (Å²) in [5.74, 6) is 0.604. The lowest BCUT2D eigenvalue weighted by Crippen LogP contribution is -2.24. The number of anilines is 1. The molecule has 2 heterocycles. The van der Waals surface area contributed by atoms with Gasteiger partial charge in [-0.05, 0) is 31.2 Å². The van der Waals surface area contributed by atoms with Crippen LogP contribution in [-0.4, -0.2) is 28.5 Å². The summed E-state index contributed by atoms with van der Waals surface area (Å²) in [6.45, 7) is 0.657. The van der Waals surface area contributed by atoms with Gasteiger partial charge in [0.1, 0.15) is 23.5 Å². The molecule has 0 aliphatic heterocycles. The van der Waals surface area contributed by atoms with Crippen molar-refractivity contribution in [3.8, 4) is 12.1 Å². The van der Waals surface area contributed by atoms with Crippen molar-refractivity contribution in [2.24, 2.45) is 0 Å². The molecule has 0 bridgehead atoms. The van der Waals surface area contributed by atoms with Crippen LogP contribution >= 0.6 is 0 Å². The van der Waals surface area contributed by atoms with Gasteiger partial charge in [-0.25, -0.2) is 4.98 Å². The highest BCUT2D eigenvalue weighted by molar-refractivity contribution is 5.64. The van der Waals surface area contributed by atoms with Crippen LogP contribution in [0.5, 0.6) is 0 Å². The first kappa shape index (κ1) is 17.8. The van der Waals surface area contributed by atoms with Crippen molar-refractivity contribution in [2.45, 2.75) is 44.9 Å². The predicted molar refractivity (Wildman–Crippen MR) is 98.5 cm³/mol. The fraction of sp³-hybridized carbons (Fsp3) is 0.450. The molecule has 0 saturated heterocycles. The Morgan fingerprint density at radius 1 is 1.04 bits per heavy atom. The zero-order chi connectivity index (χ0) is 18.4. The number of nitrogens with zero attached hydrogens (tertiary/aromatic N) is 6. The maximum absolute atomic E-state index is 9.72. The number of likely N-dealkylation sites (N-methyl/N-ethyl adjacent to an activating group) is 1. The first-order valence-corrected chi connectivity index (χ1v) is 9.06. The normalized spacial score (nSPS) is 13.7. The zero-order valence-corrected chi connectivity index (χ0v) is 15.1. The average Bonchev–Trinajstić information content (AvgIpc) is 2.66. The highest BCUT2D eigenvalue weighted by atomic mass is 15.2. The maximum Gasteiger partial charge on any atom is 0.147 e. The quantitative estimate of drug-likeness (QED) is 0.845. The van der Waals surface area contributed by atoms with Gasteiger partial charge < -0.3 is 4.90 Å². The van der Waals surface area contributed by atoms with Crippen molar-refractivity contribution < 1.29 is 0 Å². The molecule has 0 radical (unpaired) electrons. The minimum atomic E-state index is 0.397. The SMILES string of the molecule is CN(CCc1cnccn1)c1nc2c(c(C#N)c1C#N)CCCCCC2. The molecule has 6 nitrogen and oxygen atoms in total. The first-order chi connectivity index (χ1) is 12.7. The lowest BCUT2D eigenvalue weighted by molar-refractivity contribution is 0.607. The standard InChI is InChI=1S/C20H22N6/c1-26(11-8-15-14-23-9-10-24-15)20-18(13-22)17(12-21)16-6-4-2-3-5-7-19(16)25-20/h9-10,14H,2-8,11H2,1H3. The Morgan fingerprint density at radius 2 is 1.81 bits per heavy atom. The molecule has 0 saturated carbocycles. The molecule has 0 fully saturated rings. The molecule has 6 heteroatoms. The second-order valence-electron chi connectivity index (χ2n) is 6.62. The van der Waals surface area contributed by atoms with Gasteiger partial charge in [0.15, 0.2) is 0 Å². The van der Waals surface area contributed by atoms with Gasteiger partial charge in [0.05, 0.1) is 11.3 Å². The molecule has 0 unspecified atom stereocenters. The zero-order valence-electron chi connectivity index (χ0n) is 15.1. The first-order valence-electron chi connectivity index (χ1n) is 9.06. The molecule has 0 amide bonds. The highest BCUT2D eigenvalue weighted by Crippen LogP contribution is 2.29. The van der Waals surface area contributed by atoms with Gasteiger partial charge >= 0.3 is 0 Å². The molecule has 1 aliphatic rings. The summed E-state index contributed by atoms with van der Waals surface area (Å²) in [7, 11) is 1.91. The van der Waals surface area contributed by atoms with Crippen LogP contribution in [-0.2, 0) is 19.3 Å². The monoisotopic (exact) mass is 346 g/mol. The third-order valence-electron chi connectivity index (χ3n) is 4.86. The lowest BCUT2D eigenvalue weighted by Gasteiger charge is -2.23. The summed E-state index contributed by atoms with van der Waals surface area (Å²) in [6, 6.07) is 4.51. The van der Waals surface area contributed by atoms with E-state index in [2.05, 4.69) is 22.1 Å². The van der Waals surface area contributed by atoms with Gasteiger partial charge in [0.25, 0.3) is 0 Å². The summed E-state index contributed by atoms with van der Waals surface area (Å²) in [6.07, 6.45) is 12.0. The van der Waals surface area contributed by atoms with Gasteiger partial charge in [0.2, 0.25) is 0 Å². The Kier molecular flexibility index (Phi) is 5.76. The number of pyridine rings is 1. The van der Waals surface area contributed by atoms with E-state index in [1.807, 2.05) is 11.9 Å². The van der Waals surface area contributed by atoms with Crippen LogP contribution in [0.1, 0.15) is 53.8 Å². The minimum Gasteiger partial charge on any atom is -0.358 e. The number of rotatable bonds is 4. The van der Waals surface area contributed by atoms with E-state index in [-0.39, 0.29) is 0 Å². The van der Waals surface area contributed by atoms with Gasteiger partial charge in [-0.1, -0.05) is 12.8 Å². The van der Waals surface area contributed by atoms with E-state index in [0.717, 1.165) is 42.6 Å². The molecule has 3 rings (SSSR count). The Morgan fingerprint density at radius 3 is 2.50 bits per heavy atom. The predicted octanol–water partition coefficient (Wildman–Crippen LogP) is 2.95. The Bertz CT molecular complexity index is 847. The number of aromatic nitrogens is 3. The highest BCUT2D eigenvalue weighted by Gasteiger charge is 2.22. The van der Waals surface area contributed by atoms with Crippen LogP contribution in [0.15, 0.2) is 18.6 Å². The van der Waals surface area contributed by atoms with Crippen LogP contribution < -0.4 is 4.90 Å². The number of aryl methyl sites for hydroxylation is 1. The third kappa shape index (κ3) is 3.81. The van der Waals surface area contributed by atoms with Crippen LogP contribution in [0.4, 0.5) is 5.82 Å². The van der Waals surface area contributed by atoms with Crippen LogP contribution in [0, 0.1) is 22.7 Å². The van der Waals surface area contributed by atoms with Crippen molar-refractivity contribution in [1.82, 2.24) is 15.0 Å². The molecule has 0 atom stereocenters. The van der Waals surface area contributed by atoms with E-state index in [1.54, 1.807) is 18.6 Å². The molecule has 2 aromatic heterocycles. The Hall–Kier alpha value is -2.99. The maximum atomic E-state index is 9.72. The molecule has 0 N–H and O–H groups in total. The topological polar surface area (TPSA) is 89.5 Å². The van der Waals surface area contributed by atoms with Crippen molar-refractivity contribution in [3.05, 3.63) is 46.7 Å². The van der Waals surface area contributed by atoms with Crippen LogP contribution in [0.3, 0.4) is 0 Å². The molecule has 26 heavy (non-hydrogen) atoms. The van der Waals surface area contributed by atoms with E-state index >= 15 is 0 Å². The smallest absolute Gasteiger partial charge is 0.147 e. The molecule has 0 aromatic carbocycles. The van der Waals surface area contributed by atoms with Crippen molar-refractivity contribution >= 4 is 5.82 Å².